The van der Waals surface area contributed by atoms with Gasteiger partial charge in [0.25, 0.3) is 0 Å². The summed E-state index contributed by atoms with van der Waals surface area (Å²) in [5, 5.41) is 2.13. The fourth-order valence-electron chi connectivity index (χ4n) is 5.36. The van der Waals surface area contributed by atoms with Gasteiger partial charge < -0.3 is 0 Å². The fraction of sp³-hybridized carbons (Fsp3) is 0.355. The summed E-state index contributed by atoms with van der Waals surface area (Å²) >= 11 is 0. The van der Waals surface area contributed by atoms with E-state index in [1.165, 1.54) is 68.9 Å². The second-order valence-corrected chi connectivity index (χ2v) is 9.23. The predicted octanol–water partition coefficient (Wildman–Crippen LogP) is 8.22. The predicted molar refractivity (Wildman–Crippen MR) is 134 cm³/mol. The van der Waals surface area contributed by atoms with Crippen LogP contribution in [0.15, 0.2) is 73.0 Å². The highest BCUT2D eigenvalue weighted by atomic mass is 16.1. The van der Waals surface area contributed by atoms with E-state index in [0.717, 1.165) is 28.5 Å². The van der Waals surface area contributed by atoms with Crippen LogP contribution >= 0.6 is 0 Å². The number of carbonyl (C=O) groups is 1. The van der Waals surface area contributed by atoms with E-state index in [1.54, 1.807) is 0 Å². The minimum absolute atomic E-state index is 0.632. The van der Waals surface area contributed by atoms with Crippen molar-refractivity contribution in [2.45, 2.75) is 63.7 Å². The Kier molecular flexibility index (Phi) is 7.75. The van der Waals surface area contributed by atoms with E-state index in [0.29, 0.717) is 11.5 Å². The quantitative estimate of drug-likeness (QED) is 0.155. The topological polar surface area (TPSA) is 17.1 Å². The van der Waals surface area contributed by atoms with Gasteiger partial charge in [0.15, 0.2) is 6.29 Å². The number of hydrogen-bond donors (Lipinski definition) is 0. The maximum Gasteiger partial charge on any atom is 0.151 e. The molecule has 4 rings (SSSR count). The molecule has 1 radical (unpaired) electrons. The number of benzene rings is 3. The Morgan fingerprint density at radius 2 is 1.81 bits per heavy atom. The summed E-state index contributed by atoms with van der Waals surface area (Å²) in [5.74, 6) is 1.51. The largest absolute Gasteiger partial charge is 0.298 e. The average Bonchev–Trinajstić information content (AvgIpc) is 3.08. The normalized spacial score (nSPS) is 18.6. The molecule has 0 saturated heterocycles. The van der Waals surface area contributed by atoms with Gasteiger partial charge in [0.05, 0.1) is 0 Å². The van der Waals surface area contributed by atoms with Crippen molar-refractivity contribution in [1.29, 1.82) is 0 Å². The van der Waals surface area contributed by atoms with Crippen LogP contribution in [0.1, 0.15) is 84.3 Å². The van der Waals surface area contributed by atoms with Gasteiger partial charge in [-0.3, -0.25) is 4.79 Å². The van der Waals surface area contributed by atoms with E-state index in [4.69, 9.17) is 0 Å². The molecule has 2 unspecified atom stereocenters. The number of hydrogen-bond acceptors (Lipinski definition) is 1. The molecule has 1 fully saturated rings. The minimum Gasteiger partial charge on any atom is -0.298 e. The third-order valence-corrected chi connectivity index (χ3v) is 7.16. The molecule has 3 aromatic carbocycles. The highest BCUT2D eigenvalue weighted by Crippen LogP contribution is 2.37. The van der Waals surface area contributed by atoms with Gasteiger partial charge in [-0.25, -0.2) is 0 Å². The van der Waals surface area contributed by atoms with Gasteiger partial charge in [0.1, 0.15) is 0 Å². The van der Waals surface area contributed by atoms with Crippen LogP contribution in [-0.2, 0) is 6.42 Å². The van der Waals surface area contributed by atoms with Crippen LogP contribution in [0.5, 0.6) is 0 Å². The van der Waals surface area contributed by atoms with Crippen molar-refractivity contribution in [3.05, 3.63) is 101 Å². The monoisotopic (exact) mass is 421 g/mol. The molecule has 1 aliphatic carbocycles. The van der Waals surface area contributed by atoms with Crippen molar-refractivity contribution in [3.8, 4) is 0 Å². The molecule has 32 heavy (non-hydrogen) atoms. The number of fused-ring (bicyclic) bond motifs is 1. The molecular weight excluding hydrogens is 388 g/mol. The van der Waals surface area contributed by atoms with Gasteiger partial charge in [-0.05, 0) is 65.8 Å². The summed E-state index contributed by atoms with van der Waals surface area (Å²) in [7, 11) is 0. The summed E-state index contributed by atoms with van der Waals surface area (Å²) in [6.07, 6.45) is 15.7. The Hall–Kier alpha value is -2.89. The van der Waals surface area contributed by atoms with E-state index in [9.17, 15) is 4.79 Å². The highest BCUT2D eigenvalue weighted by Gasteiger charge is 2.20. The molecule has 3 aromatic rings. The Labute approximate surface area is 192 Å². The second-order valence-electron chi connectivity index (χ2n) is 9.23. The van der Waals surface area contributed by atoms with E-state index in [1.807, 2.05) is 6.07 Å². The highest BCUT2D eigenvalue weighted by molar-refractivity contribution is 6.00. The van der Waals surface area contributed by atoms with Crippen LogP contribution in [0.3, 0.4) is 0 Å². The van der Waals surface area contributed by atoms with Crippen molar-refractivity contribution in [3.63, 3.8) is 0 Å². The molecule has 1 aliphatic rings. The molecule has 0 amide bonds. The molecule has 2 atom stereocenters. The maximum atomic E-state index is 11.7. The maximum absolute atomic E-state index is 11.7. The second kappa shape index (κ2) is 11.1. The van der Waals surface area contributed by atoms with E-state index in [-0.39, 0.29) is 0 Å². The lowest BCUT2D eigenvalue weighted by Crippen LogP contribution is -2.01. The Bertz CT molecular complexity index is 1090. The molecule has 0 N–H and O–H groups in total. The minimum atomic E-state index is 0.632. The van der Waals surface area contributed by atoms with Gasteiger partial charge >= 0.3 is 0 Å². The van der Waals surface area contributed by atoms with Gasteiger partial charge in [0.2, 0.25) is 0 Å². The van der Waals surface area contributed by atoms with Gasteiger partial charge in [-0.15, -0.1) is 5.73 Å². The lowest BCUT2D eigenvalue weighted by atomic mass is 9.88. The molecule has 0 heterocycles. The first-order valence-electron chi connectivity index (χ1n) is 12.1. The Morgan fingerprint density at radius 3 is 2.62 bits per heavy atom. The van der Waals surface area contributed by atoms with Crippen molar-refractivity contribution in [2.24, 2.45) is 5.92 Å². The Morgan fingerprint density at radius 1 is 0.938 bits per heavy atom. The smallest absolute Gasteiger partial charge is 0.151 e. The van der Waals surface area contributed by atoms with Crippen LogP contribution in [0.2, 0.25) is 0 Å². The summed E-state index contributed by atoms with van der Waals surface area (Å²) in [4.78, 5) is 11.7. The van der Waals surface area contributed by atoms with E-state index >= 15 is 0 Å². The zero-order chi connectivity index (χ0) is 22.2. The fourth-order valence-corrected chi connectivity index (χ4v) is 5.36. The van der Waals surface area contributed by atoms with Crippen LogP contribution in [0.25, 0.3) is 10.8 Å². The number of rotatable bonds is 8. The number of aryl methyl sites for hydroxylation is 1. The Balaban J connectivity index is 1.36. The summed E-state index contributed by atoms with van der Waals surface area (Å²) in [6.45, 7) is 3.59. The molecule has 163 valence electrons. The standard InChI is InChI=1S/C31H33O/c1-2-9-27-18-19-29-22-28(20-21-30(29)31(27)23-32)26-15-8-14-25(16-17-26)13-7-6-12-24-10-4-3-5-11-24/h3-5,10-11,18-23,25-26H,1,6-8,12-17H2. The zero-order valence-corrected chi connectivity index (χ0v) is 19.0. The zero-order valence-electron chi connectivity index (χ0n) is 19.0. The van der Waals surface area contributed by atoms with Crippen molar-refractivity contribution in [1.82, 2.24) is 0 Å². The van der Waals surface area contributed by atoms with E-state index < -0.39 is 0 Å². The van der Waals surface area contributed by atoms with Gasteiger partial charge in [-0.1, -0.05) is 92.9 Å². The van der Waals surface area contributed by atoms with E-state index in [2.05, 4.69) is 73.0 Å². The average molecular weight is 422 g/mol. The number of carbonyl (C=O) groups excluding carboxylic acids is 1. The molecule has 0 spiro atoms. The molecule has 0 bridgehead atoms. The van der Waals surface area contributed by atoms with Crippen LogP contribution in [0.4, 0.5) is 0 Å². The van der Waals surface area contributed by atoms with Crippen LogP contribution in [-0.4, -0.2) is 6.29 Å². The first-order valence-corrected chi connectivity index (χ1v) is 12.1. The summed E-state index contributed by atoms with van der Waals surface area (Å²) in [6, 6.07) is 21.6. The third-order valence-electron chi connectivity index (χ3n) is 7.16. The van der Waals surface area contributed by atoms with Crippen molar-refractivity contribution < 1.29 is 4.79 Å². The van der Waals surface area contributed by atoms with Gasteiger partial charge in [0, 0.05) is 17.2 Å². The van der Waals surface area contributed by atoms with Crippen LogP contribution < -0.4 is 0 Å². The third kappa shape index (κ3) is 5.47. The molecule has 0 aliphatic heterocycles. The summed E-state index contributed by atoms with van der Waals surface area (Å²) in [5.41, 5.74) is 7.00. The number of unbranched alkanes of at least 4 members (excludes halogenated alkanes) is 1. The first-order chi connectivity index (χ1) is 15.8. The lowest BCUT2D eigenvalue weighted by molar-refractivity contribution is 0.112. The lowest BCUT2D eigenvalue weighted by Gasteiger charge is -2.17. The van der Waals surface area contributed by atoms with Crippen LogP contribution in [0, 0.1) is 12.0 Å². The van der Waals surface area contributed by atoms with Crippen molar-refractivity contribution >= 4 is 17.1 Å². The molecular formula is C31H33O. The molecule has 0 aromatic heterocycles. The number of aldehydes is 1. The first kappa shape index (κ1) is 22.3. The molecule has 1 heteroatoms. The SMILES string of the molecule is C=C=[C]c1ccc2cc(C3CCCC(CCCCc4ccccc4)CC3)ccc2c1C=O. The molecule has 1 nitrogen and oxygen atoms in total. The summed E-state index contributed by atoms with van der Waals surface area (Å²) < 4.78 is 0. The van der Waals surface area contributed by atoms with Gasteiger partial charge in [-0.2, -0.15) is 0 Å². The molecule has 1 saturated carbocycles. The van der Waals surface area contributed by atoms with Crippen molar-refractivity contribution in [2.75, 3.05) is 0 Å².